The maximum atomic E-state index is 6.07. The molecule has 2 aliphatic rings. The minimum absolute atomic E-state index is 0.475. The van der Waals surface area contributed by atoms with Gasteiger partial charge < -0.3 is 5.73 Å². The van der Waals surface area contributed by atoms with Crippen LogP contribution < -0.4 is 5.73 Å². The van der Waals surface area contributed by atoms with Gasteiger partial charge in [-0.2, -0.15) is 0 Å². The first-order chi connectivity index (χ1) is 6.31. The monoisotopic (exact) mass is 182 g/mol. The van der Waals surface area contributed by atoms with Gasteiger partial charge in [0.25, 0.3) is 0 Å². The molecule has 0 aromatic carbocycles. The smallest absolute Gasteiger partial charge is 0.0247 e. The highest BCUT2D eigenvalue weighted by molar-refractivity contribution is 4.93. The third kappa shape index (κ3) is 1.89. The van der Waals surface area contributed by atoms with Crippen molar-refractivity contribution in [2.75, 3.05) is 13.1 Å². The third-order valence-corrected chi connectivity index (χ3v) is 3.68. The molecule has 0 bridgehead atoms. The highest BCUT2D eigenvalue weighted by atomic mass is 15.2. The van der Waals surface area contributed by atoms with E-state index in [1.807, 2.05) is 0 Å². The van der Waals surface area contributed by atoms with E-state index in [9.17, 15) is 0 Å². The summed E-state index contributed by atoms with van der Waals surface area (Å²) in [6, 6.07) is 1.20. The van der Waals surface area contributed by atoms with Gasteiger partial charge in [-0.05, 0) is 25.2 Å². The van der Waals surface area contributed by atoms with Gasteiger partial charge in [0.05, 0.1) is 0 Å². The molecular formula is C11H22N2. The molecule has 1 heterocycles. The van der Waals surface area contributed by atoms with E-state index in [-0.39, 0.29) is 0 Å². The molecule has 76 valence electrons. The molecule has 0 spiro atoms. The number of hydrogen-bond donors (Lipinski definition) is 1. The predicted molar refractivity (Wildman–Crippen MR) is 55.6 cm³/mol. The molecule has 0 amide bonds. The van der Waals surface area contributed by atoms with Gasteiger partial charge in [0.15, 0.2) is 0 Å². The third-order valence-electron chi connectivity index (χ3n) is 3.68. The summed E-state index contributed by atoms with van der Waals surface area (Å²) in [5.41, 5.74) is 6.07. The van der Waals surface area contributed by atoms with E-state index in [0.29, 0.717) is 6.04 Å². The summed E-state index contributed by atoms with van der Waals surface area (Å²) >= 11 is 0. The fraction of sp³-hybridized carbons (Fsp3) is 1.00. The van der Waals surface area contributed by atoms with Crippen molar-refractivity contribution in [1.82, 2.24) is 4.90 Å². The van der Waals surface area contributed by atoms with Crippen LogP contribution in [0.25, 0.3) is 0 Å². The van der Waals surface area contributed by atoms with E-state index >= 15 is 0 Å². The fourth-order valence-corrected chi connectivity index (χ4v) is 2.89. The van der Waals surface area contributed by atoms with Crippen LogP contribution in [0.3, 0.4) is 0 Å². The molecule has 13 heavy (non-hydrogen) atoms. The molecule has 2 nitrogen and oxygen atoms in total. The summed E-state index contributed by atoms with van der Waals surface area (Å²) in [6.07, 6.45) is 6.70. The van der Waals surface area contributed by atoms with Crippen LogP contribution in [0.5, 0.6) is 0 Å². The maximum absolute atomic E-state index is 6.07. The van der Waals surface area contributed by atoms with Crippen LogP contribution in [0.2, 0.25) is 0 Å². The summed E-state index contributed by atoms with van der Waals surface area (Å²) in [6.45, 7) is 4.93. The lowest BCUT2D eigenvalue weighted by Gasteiger charge is -2.44. The van der Waals surface area contributed by atoms with Crippen molar-refractivity contribution in [3.05, 3.63) is 0 Å². The second kappa shape index (κ2) is 3.97. The minimum atomic E-state index is 0.475. The zero-order valence-corrected chi connectivity index (χ0v) is 8.71. The predicted octanol–water partition coefficient (Wildman–Crippen LogP) is 1.60. The molecule has 0 radical (unpaired) electrons. The second-order valence-electron chi connectivity index (χ2n) is 4.77. The quantitative estimate of drug-likeness (QED) is 0.718. The first-order valence-electron chi connectivity index (χ1n) is 5.81. The Morgan fingerprint density at radius 3 is 2.62 bits per heavy atom. The Morgan fingerprint density at radius 1 is 1.31 bits per heavy atom. The number of nitrogens with two attached hydrogens (primary N) is 1. The summed E-state index contributed by atoms with van der Waals surface area (Å²) in [4.78, 5) is 2.61. The Labute approximate surface area is 81.5 Å². The van der Waals surface area contributed by atoms with E-state index in [1.165, 1.54) is 45.2 Å². The van der Waals surface area contributed by atoms with Crippen molar-refractivity contribution < 1.29 is 0 Å². The number of hydrogen-bond acceptors (Lipinski definition) is 2. The van der Waals surface area contributed by atoms with Gasteiger partial charge in [-0.3, -0.25) is 4.90 Å². The molecule has 2 rings (SSSR count). The number of rotatable bonds is 3. The summed E-state index contributed by atoms with van der Waals surface area (Å²) in [7, 11) is 0. The Morgan fingerprint density at radius 2 is 2.08 bits per heavy atom. The number of nitrogens with zero attached hydrogens (tertiary/aromatic N) is 1. The van der Waals surface area contributed by atoms with E-state index < -0.39 is 0 Å². The normalized spacial score (nSPS) is 36.5. The average molecular weight is 182 g/mol. The van der Waals surface area contributed by atoms with Crippen molar-refractivity contribution in [3.8, 4) is 0 Å². The first kappa shape index (κ1) is 9.47. The van der Waals surface area contributed by atoms with Gasteiger partial charge in [0.2, 0.25) is 0 Å². The molecule has 2 unspecified atom stereocenters. The lowest BCUT2D eigenvalue weighted by Crippen LogP contribution is -2.55. The standard InChI is InChI=1S/C11H22N2/c1-2-4-9-7-13(8-9)11-6-3-5-10(11)12/h9-11H,2-8,12H2,1H3. The van der Waals surface area contributed by atoms with Crippen LogP contribution >= 0.6 is 0 Å². The van der Waals surface area contributed by atoms with E-state index in [0.717, 1.165) is 12.0 Å². The zero-order valence-electron chi connectivity index (χ0n) is 8.71. The molecule has 0 aromatic rings. The van der Waals surface area contributed by atoms with Crippen molar-refractivity contribution >= 4 is 0 Å². The first-order valence-corrected chi connectivity index (χ1v) is 5.81. The van der Waals surface area contributed by atoms with Crippen LogP contribution in [0, 0.1) is 5.92 Å². The molecule has 1 saturated carbocycles. The van der Waals surface area contributed by atoms with Gasteiger partial charge in [-0.15, -0.1) is 0 Å². The molecule has 2 N–H and O–H groups in total. The highest BCUT2D eigenvalue weighted by Crippen LogP contribution is 2.30. The average Bonchev–Trinajstić information content (AvgIpc) is 2.43. The number of likely N-dealkylation sites (tertiary alicyclic amines) is 1. The van der Waals surface area contributed by atoms with Crippen LogP contribution in [-0.4, -0.2) is 30.1 Å². The van der Waals surface area contributed by atoms with Crippen LogP contribution in [0.15, 0.2) is 0 Å². The molecule has 2 heteroatoms. The molecule has 0 aromatic heterocycles. The van der Waals surface area contributed by atoms with Crippen molar-refractivity contribution in [2.24, 2.45) is 11.7 Å². The summed E-state index contributed by atoms with van der Waals surface area (Å²) in [5.74, 6) is 0.984. The lowest BCUT2D eigenvalue weighted by molar-refractivity contribution is 0.0439. The Kier molecular flexibility index (Phi) is 2.89. The zero-order chi connectivity index (χ0) is 9.26. The lowest BCUT2D eigenvalue weighted by atomic mass is 9.92. The van der Waals surface area contributed by atoms with E-state index in [2.05, 4.69) is 11.8 Å². The Hall–Kier alpha value is -0.0800. The van der Waals surface area contributed by atoms with Gasteiger partial charge in [0, 0.05) is 25.2 Å². The second-order valence-corrected chi connectivity index (χ2v) is 4.77. The van der Waals surface area contributed by atoms with Crippen LogP contribution in [-0.2, 0) is 0 Å². The van der Waals surface area contributed by atoms with Crippen molar-refractivity contribution in [2.45, 2.75) is 51.1 Å². The SMILES string of the molecule is CCCC1CN(C2CCCC2N)C1. The fourth-order valence-electron chi connectivity index (χ4n) is 2.89. The molecule has 1 aliphatic carbocycles. The van der Waals surface area contributed by atoms with Gasteiger partial charge >= 0.3 is 0 Å². The van der Waals surface area contributed by atoms with Crippen molar-refractivity contribution in [1.29, 1.82) is 0 Å². The molecule has 2 fully saturated rings. The summed E-state index contributed by atoms with van der Waals surface area (Å²) < 4.78 is 0. The summed E-state index contributed by atoms with van der Waals surface area (Å²) in [5, 5.41) is 0. The van der Waals surface area contributed by atoms with Gasteiger partial charge in [0.1, 0.15) is 0 Å². The van der Waals surface area contributed by atoms with Crippen LogP contribution in [0.4, 0.5) is 0 Å². The molecule has 1 saturated heterocycles. The van der Waals surface area contributed by atoms with Crippen LogP contribution in [0.1, 0.15) is 39.0 Å². The maximum Gasteiger partial charge on any atom is 0.0247 e. The molecular weight excluding hydrogens is 160 g/mol. The van der Waals surface area contributed by atoms with Gasteiger partial charge in [-0.25, -0.2) is 0 Å². The molecule has 1 aliphatic heterocycles. The minimum Gasteiger partial charge on any atom is -0.326 e. The largest absolute Gasteiger partial charge is 0.326 e. The van der Waals surface area contributed by atoms with Gasteiger partial charge in [-0.1, -0.05) is 19.8 Å². The van der Waals surface area contributed by atoms with E-state index in [1.54, 1.807) is 0 Å². The van der Waals surface area contributed by atoms with E-state index in [4.69, 9.17) is 5.73 Å². The van der Waals surface area contributed by atoms with Crippen molar-refractivity contribution in [3.63, 3.8) is 0 Å². The molecule has 2 atom stereocenters. The topological polar surface area (TPSA) is 29.3 Å². The Bertz CT molecular complexity index is 163. The highest BCUT2D eigenvalue weighted by Gasteiger charge is 2.36. The Balaban J connectivity index is 1.73.